The fraction of sp³-hybridized carbons (Fsp3) is 0.0833. The van der Waals surface area contributed by atoms with Gasteiger partial charge >= 0.3 is 0 Å². The lowest BCUT2D eigenvalue weighted by Crippen LogP contribution is -2.33. The number of anilines is 2. The number of carbonyl (C=O) groups is 2. The van der Waals surface area contributed by atoms with E-state index < -0.39 is 35.0 Å². The van der Waals surface area contributed by atoms with Gasteiger partial charge in [0, 0.05) is 11.8 Å². The Kier molecular flexibility index (Phi) is 5.68. The summed E-state index contributed by atoms with van der Waals surface area (Å²) in [5.41, 5.74) is -0.0339. The monoisotopic (exact) mass is 438 g/mol. The van der Waals surface area contributed by atoms with Crippen molar-refractivity contribution >= 4 is 28.8 Å². The van der Waals surface area contributed by atoms with Crippen molar-refractivity contribution in [2.45, 2.75) is 6.92 Å². The molecule has 0 saturated carbocycles. The highest BCUT2D eigenvalue weighted by molar-refractivity contribution is 6.46. The summed E-state index contributed by atoms with van der Waals surface area (Å²) >= 11 is 0. The maximum atomic E-state index is 14.4. The minimum atomic E-state index is -0.936. The largest absolute Gasteiger partial charge is 0.494 e. The fourth-order valence-electron chi connectivity index (χ4n) is 3.35. The van der Waals surface area contributed by atoms with Crippen molar-refractivity contribution in [2.24, 2.45) is 0 Å². The predicted octanol–water partition coefficient (Wildman–Crippen LogP) is 4.90. The van der Waals surface area contributed by atoms with Gasteiger partial charge in [0.15, 0.2) is 0 Å². The van der Waals surface area contributed by atoms with Gasteiger partial charge in [0.05, 0.1) is 17.9 Å². The average Bonchev–Trinajstić information content (AvgIpc) is 3.01. The van der Waals surface area contributed by atoms with E-state index in [1.807, 2.05) is 6.92 Å². The van der Waals surface area contributed by atoms with E-state index in [-0.39, 0.29) is 16.8 Å². The molecule has 0 atom stereocenters. The standard InChI is InChI=1S/C24H17F3N2O3/c1-2-32-18-10-8-17(9-11-18)28-22-21(14-3-5-15(25)6-4-14)23(30)29(24(22)31)20-13-16(26)7-12-19(20)27/h3-13,28H,2H2,1H3. The first-order valence-corrected chi connectivity index (χ1v) is 9.73. The number of imide groups is 1. The van der Waals surface area contributed by atoms with Crippen molar-refractivity contribution in [1.82, 2.24) is 0 Å². The van der Waals surface area contributed by atoms with E-state index >= 15 is 0 Å². The van der Waals surface area contributed by atoms with E-state index in [4.69, 9.17) is 4.74 Å². The van der Waals surface area contributed by atoms with Crippen molar-refractivity contribution in [2.75, 3.05) is 16.8 Å². The van der Waals surface area contributed by atoms with Crippen LogP contribution in [0.4, 0.5) is 24.5 Å². The number of benzene rings is 3. The number of amides is 2. The molecule has 3 aromatic carbocycles. The van der Waals surface area contributed by atoms with Crippen LogP contribution >= 0.6 is 0 Å². The number of nitrogens with one attached hydrogen (secondary N) is 1. The maximum Gasteiger partial charge on any atom is 0.282 e. The molecule has 1 aliphatic heterocycles. The molecule has 0 saturated heterocycles. The highest BCUT2D eigenvalue weighted by Crippen LogP contribution is 2.35. The van der Waals surface area contributed by atoms with Crippen molar-refractivity contribution in [3.8, 4) is 5.75 Å². The highest BCUT2D eigenvalue weighted by Gasteiger charge is 2.41. The Morgan fingerprint density at radius 3 is 2.16 bits per heavy atom. The van der Waals surface area contributed by atoms with E-state index in [1.165, 1.54) is 12.1 Å². The molecule has 0 spiro atoms. The first-order valence-electron chi connectivity index (χ1n) is 9.73. The van der Waals surface area contributed by atoms with Gasteiger partial charge in [-0.2, -0.15) is 0 Å². The van der Waals surface area contributed by atoms with Gasteiger partial charge in [-0.05, 0) is 61.0 Å². The first kappa shape index (κ1) is 21.2. The smallest absolute Gasteiger partial charge is 0.282 e. The van der Waals surface area contributed by atoms with Crippen LogP contribution in [-0.2, 0) is 9.59 Å². The molecule has 1 heterocycles. The van der Waals surface area contributed by atoms with Crippen LogP contribution in [0.15, 0.2) is 72.4 Å². The molecular weight excluding hydrogens is 421 g/mol. The Morgan fingerprint density at radius 2 is 1.50 bits per heavy atom. The van der Waals surface area contributed by atoms with Gasteiger partial charge in [0.2, 0.25) is 0 Å². The molecule has 0 bridgehead atoms. The number of halogens is 3. The zero-order chi connectivity index (χ0) is 22.8. The van der Waals surface area contributed by atoms with Gasteiger partial charge in [-0.1, -0.05) is 12.1 Å². The van der Waals surface area contributed by atoms with Crippen molar-refractivity contribution in [1.29, 1.82) is 0 Å². The summed E-state index contributed by atoms with van der Waals surface area (Å²) in [5.74, 6) is -3.39. The third kappa shape index (κ3) is 3.94. The molecule has 1 N–H and O–H groups in total. The summed E-state index contributed by atoms with van der Waals surface area (Å²) in [7, 11) is 0. The Labute approximate surface area is 181 Å². The van der Waals surface area contributed by atoms with Crippen molar-refractivity contribution in [3.05, 3.63) is 95.4 Å². The van der Waals surface area contributed by atoms with E-state index in [0.29, 0.717) is 22.9 Å². The number of hydrogen-bond donors (Lipinski definition) is 1. The summed E-state index contributed by atoms with van der Waals surface area (Å²) in [6, 6.07) is 14.1. The summed E-state index contributed by atoms with van der Waals surface area (Å²) in [6.45, 7) is 2.32. The minimum Gasteiger partial charge on any atom is -0.494 e. The molecule has 4 rings (SSSR count). The van der Waals surface area contributed by atoms with Gasteiger partial charge < -0.3 is 10.1 Å². The molecule has 2 amide bonds. The summed E-state index contributed by atoms with van der Waals surface area (Å²) < 4.78 is 47.0. The zero-order valence-electron chi connectivity index (χ0n) is 16.9. The summed E-state index contributed by atoms with van der Waals surface area (Å²) in [5, 5.41) is 2.89. The topological polar surface area (TPSA) is 58.6 Å². The second kappa shape index (κ2) is 8.58. The van der Waals surface area contributed by atoms with Crippen LogP contribution in [0, 0.1) is 17.5 Å². The normalized spacial score (nSPS) is 13.7. The van der Waals surface area contributed by atoms with E-state index in [2.05, 4.69) is 5.32 Å². The number of nitrogens with zero attached hydrogens (tertiary/aromatic N) is 1. The van der Waals surface area contributed by atoms with E-state index in [0.717, 1.165) is 30.3 Å². The Balaban J connectivity index is 1.79. The molecule has 32 heavy (non-hydrogen) atoms. The average molecular weight is 438 g/mol. The van der Waals surface area contributed by atoms with Crippen LogP contribution in [0.5, 0.6) is 5.75 Å². The Morgan fingerprint density at radius 1 is 0.844 bits per heavy atom. The van der Waals surface area contributed by atoms with Gasteiger partial charge in [-0.3, -0.25) is 9.59 Å². The van der Waals surface area contributed by atoms with E-state index in [9.17, 15) is 22.8 Å². The molecular formula is C24H17F3N2O3. The lowest BCUT2D eigenvalue weighted by atomic mass is 10.0. The SMILES string of the molecule is CCOc1ccc(NC2=C(c3ccc(F)cc3)C(=O)N(c3cc(F)ccc3F)C2=O)cc1. The third-order valence-electron chi connectivity index (χ3n) is 4.80. The van der Waals surface area contributed by atoms with Crippen LogP contribution in [0.2, 0.25) is 0 Å². The van der Waals surface area contributed by atoms with Crippen LogP contribution in [0.25, 0.3) is 5.57 Å². The molecule has 0 radical (unpaired) electrons. The summed E-state index contributed by atoms with van der Waals surface area (Å²) in [6.07, 6.45) is 0. The Bertz CT molecular complexity index is 1220. The molecule has 162 valence electrons. The van der Waals surface area contributed by atoms with Gasteiger partial charge in [0.1, 0.15) is 28.9 Å². The fourth-order valence-corrected chi connectivity index (χ4v) is 3.35. The molecule has 5 nitrogen and oxygen atoms in total. The first-order chi connectivity index (χ1) is 15.4. The molecule has 0 aliphatic carbocycles. The van der Waals surface area contributed by atoms with Gasteiger partial charge in [0.25, 0.3) is 11.8 Å². The van der Waals surface area contributed by atoms with Crippen LogP contribution in [0.3, 0.4) is 0 Å². The second-order valence-electron chi connectivity index (χ2n) is 6.88. The molecule has 8 heteroatoms. The summed E-state index contributed by atoms with van der Waals surface area (Å²) in [4.78, 5) is 27.0. The minimum absolute atomic E-state index is 0.0902. The lowest BCUT2D eigenvalue weighted by molar-refractivity contribution is -0.120. The Hall–Kier alpha value is -4.07. The zero-order valence-corrected chi connectivity index (χ0v) is 16.9. The van der Waals surface area contributed by atoms with E-state index in [1.54, 1.807) is 24.3 Å². The highest BCUT2D eigenvalue weighted by atomic mass is 19.1. The van der Waals surface area contributed by atoms with Gasteiger partial charge in [-0.15, -0.1) is 0 Å². The molecule has 0 fully saturated rings. The number of hydrogen-bond acceptors (Lipinski definition) is 4. The van der Waals surface area contributed by atoms with Crippen molar-refractivity contribution < 1.29 is 27.5 Å². The number of ether oxygens (including phenoxy) is 1. The second-order valence-corrected chi connectivity index (χ2v) is 6.88. The van der Waals surface area contributed by atoms with Gasteiger partial charge in [-0.25, -0.2) is 18.1 Å². The van der Waals surface area contributed by atoms with Crippen LogP contribution < -0.4 is 15.0 Å². The lowest BCUT2D eigenvalue weighted by Gasteiger charge is -2.16. The maximum absolute atomic E-state index is 14.4. The third-order valence-corrected chi connectivity index (χ3v) is 4.80. The predicted molar refractivity (Wildman–Crippen MR) is 113 cm³/mol. The molecule has 3 aromatic rings. The van der Waals surface area contributed by atoms with Crippen LogP contribution in [0.1, 0.15) is 12.5 Å². The van der Waals surface area contributed by atoms with Crippen molar-refractivity contribution in [3.63, 3.8) is 0 Å². The van der Waals surface area contributed by atoms with Crippen LogP contribution in [-0.4, -0.2) is 18.4 Å². The molecule has 0 aromatic heterocycles. The molecule has 1 aliphatic rings. The number of rotatable bonds is 6. The number of carbonyl (C=O) groups excluding carboxylic acids is 2. The quantitative estimate of drug-likeness (QED) is 0.557. The molecule has 0 unspecified atom stereocenters.